The van der Waals surface area contributed by atoms with Gasteiger partial charge in [-0.05, 0) is 25.1 Å². The highest BCUT2D eigenvalue weighted by atomic mass is 35.5. The second-order valence-electron chi connectivity index (χ2n) is 5.50. The van der Waals surface area contributed by atoms with Crippen LogP contribution in [-0.2, 0) is 4.74 Å². The van der Waals surface area contributed by atoms with Crippen molar-refractivity contribution in [1.82, 2.24) is 4.98 Å². The van der Waals surface area contributed by atoms with Gasteiger partial charge in [0.1, 0.15) is 5.76 Å². The van der Waals surface area contributed by atoms with Gasteiger partial charge in [0.25, 0.3) is 0 Å². The van der Waals surface area contributed by atoms with Crippen LogP contribution in [0.5, 0.6) is 0 Å². The minimum Gasteiger partial charge on any atom is -0.495 e. The van der Waals surface area contributed by atoms with Gasteiger partial charge in [-0.3, -0.25) is 0 Å². The van der Waals surface area contributed by atoms with Gasteiger partial charge in [0.15, 0.2) is 10.7 Å². The second-order valence-corrected chi connectivity index (χ2v) is 6.77. The summed E-state index contributed by atoms with van der Waals surface area (Å²) in [6.45, 7) is 5.77. The Labute approximate surface area is 165 Å². The molecular formula is C20H17ClN2O3S. The van der Waals surface area contributed by atoms with Crippen molar-refractivity contribution in [2.45, 2.75) is 6.92 Å². The number of ether oxygens (including phenoxy) is 1. The first kappa shape index (κ1) is 18.9. The third-order valence-electron chi connectivity index (χ3n) is 3.74. The molecule has 1 N–H and O–H groups in total. The fourth-order valence-corrected chi connectivity index (χ4v) is 3.31. The van der Waals surface area contributed by atoms with E-state index in [2.05, 4.69) is 16.9 Å². The maximum Gasteiger partial charge on any atom is 0.345 e. The zero-order chi connectivity index (χ0) is 19.4. The number of halogens is 1. The fraction of sp³-hybridized carbons (Fsp3) is 0.100. The normalized spacial score (nSPS) is 11.9. The van der Waals surface area contributed by atoms with Gasteiger partial charge in [0, 0.05) is 10.8 Å². The van der Waals surface area contributed by atoms with Gasteiger partial charge < -0.3 is 14.5 Å². The third-order valence-corrected chi connectivity index (χ3v) is 4.79. The van der Waals surface area contributed by atoms with Crippen LogP contribution in [0.25, 0.3) is 22.2 Å². The van der Waals surface area contributed by atoms with Crippen molar-refractivity contribution in [3.8, 4) is 11.3 Å². The first-order valence-electron chi connectivity index (χ1n) is 8.05. The first-order valence-corrected chi connectivity index (χ1v) is 9.30. The van der Waals surface area contributed by atoms with E-state index >= 15 is 0 Å². The van der Waals surface area contributed by atoms with Gasteiger partial charge in [-0.25, -0.2) is 9.78 Å². The molecule has 0 saturated carbocycles. The monoisotopic (exact) mass is 400 g/mol. The van der Waals surface area contributed by atoms with Crippen molar-refractivity contribution in [3.63, 3.8) is 0 Å². The average Bonchev–Trinajstić information content (AvgIpc) is 3.13. The molecule has 0 amide bonds. The summed E-state index contributed by atoms with van der Waals surface area (Å²) in [5.74, 6) is 0.477. The van der Waals surface area contributed by atoms with Crippen LogP contribution >= 0.6 is 22.9 Å². The van der Waals surface area contributed by atoms with Crippen molar-refractivity contribution >= 4 is 39.0 Å². The van der Waals surface area contributed by atoms with Gasteiger partial charge in [-0.2, -0.15) is 0 Å². The van der Waals surface area contributed by atoms with Gasteiger partial charge >= 0.3 is 5.63 Å². The van der Waals surface area contributed by atoms with Crippen molar-refractivity contribution in [3.05, 3.63) is 81.4 Å². The predicted octanol–water partition coefficient (Wildman–Crippen LogP) is 5.60. The standard InChI is InChI=1S/C20H17ClN2O3S/c1-4-5-9-16(12(2)25-3)22-20-23-17(11-27-20)14-10-13-7-6-8-15(21)18(13)26-19(14)24/h4-11H,2H2,1,3H3,(H,22,23). The molecule has 0 atom stereocenters. The molecule has 7 heteroatoms. The summed E-state index contributed by atoms with van der Waals surface area (Å²) in [4.78, 5) is 16.9. The smallest absolute Gasteiger partial charge is 0.345 e. The molecule has 0 aliphatic heterocycles. The molecule has 3 rings (SSSR count). The van der Waals surface area contributed by atoms with Crippen LogP contribution in [0, 0.1) is 0 Å². The first-order chi connectivity index (χ1) is 13.0. The molecule has 0 aliphatic carbocycles. The minimum atomic E-state index is -0.488. The molecule has 0 radical (unpaired) electrons. The molecular weight excluding hydrogens is 384 g/mol. The molecule has 2 aromatic heterocycles. The van der Waals surface area contributed by atoms with Crippen LogP contribution in [0.3, 0.4) is 0 Å². The Morgan fingerprint density at radius 1 is 1.44 bits per heavy atom. The molecule has 27 heavy (non-hydrogen) atoms. The summed E-state index contributed by atoms with van der Waals surface area (Å²) in [5.41, 5.74) is 1.45. The number of methoxy groups -OCH3 is 1. The molecule has 2 heterocycles. The van der Waals surface area contributed by atoms with E-state index in [1.165, 1.54) is 11.3 Å². The minimum absolute atomic E-state index is 0.370. The number of para-hydroxylation sites is 1. The number of thiazole rings is 1. The van der Waals surface area contributed by atoms with E-state index in [0.717, 1.165) is 5.39 Å². The number of rotatable bonds is 6. The van der Waals surface area contributed by atoms with Crippen LogP contribution < -0.4 is 10.9 Å². The number of benzene rings is 1. The molecule has 0 saturated heterocycles. The highest BCUT2D eigenvalue weighted by Crippen LogP contribution is 2.28. The number of aromatic nitrogens is 1. The highest BCUT2D eigenvalue weighted by molar-refractivity contribution is 7.14. The summed E-state index contributed by atoms with van der Waals surface area (Å²) in [6, 6.07) is 7.05. The number of anilines is 1. The summed E-state index contributed by atoms with van der Waals surface area (Å²) in [5, 5.41) is 6.68. The lowest BCUT2D eigenvalue weighted by Crippen LogP contribution is -2.05. The Kier molecular flexibility index (Phi) is 5.78. The van der Waals surface area contributed by atoms with Crippen molar-refractivity contribution in [1.29, 1.82) is 0 Å². The van der Waals surface area contributed by atoms with E-state index in [4.69, 9.17) is 20.8 Å². The van der Waals surface area contributed by atoms with E-state index in [-0.39, 0.29) is 0 Å². The summed E-state index contributed by atoms with van der Waals surface area (Å²) in [7, 11) is 1.55. The lowest BCUT2D eigenvalue weighted by Gasteiger charge is -2.09. The third kappa shape index (κ3) is 4.13. The average molecular weight is 401 g/mol. The topological polar surface area (TPSA) is 64.4 Å². The zero-order valence-corrected chi connectivity index (χ0v) is 16.4. The Balaban J connectivity index is 1.96. The van der Waals surface area contributed by atoms with Crippen LogP contribution in [0.1, 0.15) is 6.92 Å². The van der Waals surface area contributed by atoms with Crippen LogP contribution in [-0.4, -0.2) is 12.1 Å². The van der Waals surface area contributed by atoms with Crippen molar-refractivity contribution < 1.29 is 9.15 Å². The molecule has 0 fully saturated rings. The quantitative estimate of drug-likeness (QED) is 0.331. The molecule has 5 nitrogen and oxygen atoms in total. The molecule has 0 bridgehead atoms. The van der Waals surface area contributed by atoms with E-state index in [1.807, 2.05) is 31.2 Å². The summed E-state index contributed by atoms with van der Waals surface area (Å²) >= 11 is 7.45. The Hall–Kier alpha value is -2.83. The second kappa shape index (κ2) is 8.24. The summed E-state index contributed by atoms with van der Waals surface area (Å²) < 4.78 is 10.6. The van der Waals surface area contributed by atoms with E-state index in [9.17, 15) is 4.79 Å². The van der Waals surface area contributed by atoms with Gasteiger partial charge in [0.2, 0.25) is 0 Å². The number of nitrogens with one attached hydrogen (secondary N) is 1. The summed E-state index contributed by atoms with van der Waals surface area (Å²) in [6.07, 6.45) is 5.59. The van der Waals surface area contributed by atoms with Crippen molar-refractivity contribution in [2.24, 2.45) is 0 Å². The molecule has 3 aromatic rings. The number of allylic oxidation sites excluding steroid dienone is 3. The zero-order valence-electron chi connectivity index (χ0n) is 14.8. The van der Waals surface area contributed by atoms with Gasteiger partial charge in [0.05, 0.1) is 29.1 Å². The number of hydrogen-bond donors (Lipinski definition) is 1. The maximum atomic E-state index is 12.4. The van der Waals surface area contributed by atoms with E-state index in [0.29, 0.717) is 38.5 Å². The van der Waals surface area contributed by atoms with Crippen LogP contribution in [0.4, 0.5) is 5.13 Å². The lowest BCUT2D eigenvalue weighted by molar-refractivity contribution is 0.303. The predicted molar refractivity (Wildman–Crippen MR) is 111 cm³/mol. The Morgan fingerprint density at radius 3 is 3.00 bits per heavy atom. The Morgan fingerprint density at radius 2 is 2.26 bits per heavy atom. The fourth-order valence-electron chi connectivity index (χ4n) is 2.36. The lowest BCUT2D eigenvalue weighted by atomic mass is 10.1. The largest absolute Gasteiger partial charge is 0.495 e. The molecule has 138 valence electrons. The van der Waals surface area contributed by atoms with Crippen LogP contribution in [0.15, 0.2) is 75.1 Å². The SMILES string of the molecule is C=C(OC)C(=CC=CC)Nc1nc(-c2cc3cccc(Cl)c3oc2=O)cs1. The Bertz CT molecular complexity index is 1110. The number of hydrogen-bond acceptors (Lipinski definition) is 6. The maximum absolute atomic E-state index is 12.4. The van der Waals surface area contributed by atoms with Crippen LogP contribution in [0.2, 0.25) is 5.02 Å². The van der Waals surface area contributed by atoms with Gasteiger partial charge in [-0.1, -0.05) is 42.5 Å². The number of nitrogens with zero attached hydrogens (tertiary/aromatic N) is 1. The molecule has 0 aliphatic rings. The highest BCUT2D eigenvalue weighted by Gasteiger charge is 2.14. The van der Waals surface area contributed by atoms with Crippen molar-refractivity contribution in [2.75, 3.05) is 12.4 Å². The van der Waals surface area contributed by atoms with E-state index in [1.54, 1.807) is 30.7 Å². The number of fused-ring (bicyclic) bond motifs is 1. The molecule has 1 aromatic carbocycles. The molecule has 0 spiro atoms. The van der Waals surface area contributed by atoms with E-state index < -0.39 is 5.63 Å². The van der Waals surface area contributed by atoms with Gasteiger partial charge in [-0.15, -0.1) is 11.3 Å². The molecule has 0 unspecified atom stereocenters.